The summed E-state index contributed by atoms with van der Waals surface area (Å²) in [6.45, 7) is 8.10. The van der Waals surface area contributed by atoms with Gasteiger partial charge in [-0.25, -0.2) is 0 Å². The molecule has 0 spiro atoms. The van der Waals surface area contributed by atoms with Crippen LogP contribution in [0.3, 0.4) is 0 Å². The third kappa shape index (κ3) is 5.12. The van der Waals surface area contributed by atoms with Crippen molar-refractivity contribution < 1.29 is 15.2 Å². The number of aliphatic hydroxyl groups excluding tert-OH is 1. The highest BCUT2D eigenvalue weighted by molar-refractivity contribution is 5.66. The molecule has 1 aromatic heterocycles. The van der Waals surface area contributed by atoms with E-state index < -0.39 is 0 Å². The van der Waals surface area contributed by atoms with Gasteiger partial charge in [0.1, 0.15) is 5.69 Å². The van der Waals surface area contributed by atoms with E-state index in [2.05, 4.69) is 28.0 Å². The molecule has 7 nitrogen and oxygen atoms in total. The fourth-order valence-corrected chi connectivity index (χ4v) is 3.99. The number of anilines is 1. The monoisotopic (exact) mass is 434 g/mol. The highest BCUT2D eigenvalue weighted by Gasteiger charge is 2.24. The number of hydrogen-bond acceptors (Lipinski definition) is 5. The van der Waals surface area contributed by atoms with Gasteiger partial charge in [0.15, 0.2) is 5.70 Å². The molecular weight excluding hydrogens is 404 g/mol. The molecule has 32 heavy (non-hydrogen) atoms. The molecule has 166 valence electrons. The second-order valence-electron chi connectivity index (χ2n) is 7.99. The SMILES string of the molecule is C=C1C=C[CH+]C(n2ncc(N3CC[NH2+]CC3)c(OCCc3cccc(CCO)c3)c2=O)=C1. The van der Waals surface area contributed by atoms with Crippen LogP contribution in [0.1, 0.15) is 11.1 Å². The maximum Gasteiger partial charge on any atom is 0.318 e. The fraction of sp³-hybridized carbons (Fsp3) is 0.320. The lowest BCUT2D eigenvalue weighted by molar-refractivity contribution is -0.655. The number of nitrogens with two attached hydrogens (primary N) is 1. The standard InChI is InChI=1S/C25H29N4O3/c1-19-4-2-7-22(16-19)29-25(31)24(23(18-27-29)28-12-10-26-11-13-28)32-15-9-21-6-3-5-20(17-21)8-14-30/h2-7,16-18,26,30H,1,8-15H2/q+1/p+1. The Kier molecular flexibility index (Phi) is 7.09. The first kappa shape index (κ1) is 21.9. The minimum Gasteiger partial charge on any atom is -0.486 e. The Balaban J connectivity index is 1.59. The van der Waals surface area contributed by atoms with E-state index in [1.165, 1.54) is 4.68 Å². The third-order valence-electron chi connectivity index (χ3n) is 5.65. The number of allylic oxidation sites excluding steroid dienone is 5. The summed E-state index contributed by atoms with van der Waals surface area (Å²) in [5.41, 5.74) is 4.18. The Morgan fingerprint density at radius 3 is 2.75 bits per heavy atom. The van der Waals surface area contributed by atoms with E-state index in [9.17, 15) is 9.90 Å². The summed E-state index contributed by atoms with van der Waals surface area (Å²) < 4.78 is 7.51. The summed E-state index contributed by atoms with van der Waals surface area (Å²) in [7, 11) is 0. The van der Waals surface area contributed by atoms with Gasteiger partial charge in [0.2, 0.25) is 5.75 Å². The van der Waals surface area contributed by atoms with Crippen LogP contribution in [0.5, 0.6) is 5.75 Å². The molecule has 1 aliphatic carbocycles. The van der Waals surface area contributed by atoms with Gasteiger partial charge in [-0.2, -0.15) is 9.78 Å². The minimum atomic E-state index is -0.267. The molecule has 1 saturated heterocycles. The van der Waals surface area contributed by atoms with Gasteiger partial charge in [-0.3, -0.25) is 4.79 Å². The van der Waals surface area contributed by atoms with E-state index in [0.717, 1.165) is 48.6 Å². The first-order valence-electron chi connectivity index (χ1n) is 11.1. The lowest BCUT2D eigenvalue weighted by atomic mass is 10.1. The Hall–Kier alpha value is -3.29. The summed E-state index contributed by atoms with van der Waals surface area (Å²) in [5.74, 6) is 0.336. The van der Waals surface area contributed by atoms with Crippen molar-refractivity contribution in [2.24, 2.45) is 0 Å². The van der Waals surface area contributed by atoms with Crippen LogP contribution in [0.2, 0.25) is 0 Å². The van der Waals surface area contributed by atoms with E-state index in [1.807, 2.05) is 42.8 Å². The van der Waals surface area contributed by atoms with Crippen molar-refractivity contribution in [1.29, 1.82) is 0 Å². The highest BCUT2D eigenvalue weighted by Crippen LogP contribution is 2.25. The van der Waals surface area contributed by atoms with Crippen molar-refractivity contribution in [3.63, 3.8) is 0 Å². The Bertz CT molecular complexity index is 1080. The zero-order chi connectivity index (χ0) is 22.3. The zero-order valence-corrected chi connectivity index (χ0v) is 18.2. The number of rotatable bonds is 8. The number of quaternary nitrogens is 1. The van der Waals surface area contributed by atoms with Crippen LogP contribution in [-0.2, 0) is 12.8 Å². The molecule has 0 radical (unpaired) electrons. The summed E-state index contributed by atoms with van der Waals surface area (Å²) in [4.78, 5) is 15.6. The maximum atomic E-state index is 13.4. The number of benzene rings is 1. The van der Waals surface area contributed by atoms with Gasteiger partial charge >= 0.3 is 5.56 Å². The van der Waals surface area contributed by atoms with Crippen LogP contribution in [-0.4, -0.2) is 54.3 Å². The lowest BCUT2D eigenvalue weighted by Gasteiger charge is -2.28. The summed E-state index contributed by atoms with van der Waals surface area (Å²) in [5, 5.41) is 15.9. The Labute approximate surface area is 188 Å². The van der Waals surface area contributed by atoms with Crippen LogP contribution in [0, 0.1) is 6.42 Å². The number of ether oxygens (including phenoxy) is 1. The molecule has 0 amide bonds. The Morgan fingerprint density at radius 1 is 1.22 bits per heavy atom. The fourth-order valence-electron chi connectivity index (χ4n) is 3.99. The van der Waals surface area contributed by atoms with Crippen LogP contribution >= 0.6 is 0 Å². The molecule has 1 fully saturated rings. The molecule has 0 unspecified atom stereocenters. The van der Waals surface area contributed by atoms with Gasteiger partial charge in [-0.05, 0) is 17.5 Å². The third-order valence-corrected chi connectivity index (χ3v) is 5.65. The number of nitrogens with zero attached hydrogens (tertiary/aromatic N) is 3. The predicted molar refractivity (Wildman–Crippen MR) is 126 cm³/mol. The summed E-state index contributed by atoms with van der Waals surface area (Å²) in [6.07, 6.45) is 10.5. The largest absolute Gasteiger partial charge is 0.486 e. The second-order valence-corrected chi connectivity index (χ2v) is 7.99. The van der Waals surface area contributed by atoms with Crippen molar-refractivity contribution in [2.75, 3.05) is 44.3 Å². The quantitative estimate of drug-likeness (QED) is 0.605. The van der Waals surface area contributed by atoms with Crippen LogP contribution in [0.15, 0.2) is 65.6 Å². The molecule has 2 aliphatic rings. The molecule has 3 N–H and O–H groups in total. The first-order chi connectivity index (χ1) is 15.7. The average molecular weight is 435 g/mol. The predicted octanol–water partition coefficient (Wildman–Crippen LogP) is 0.954. The molecule has 7 heteroatoms. The van der Waals surface area contributed by atoms with Crippen molar-refractivity contribution in [2.45, 2.75) is 12.8 Å². The van der Waals surface area contributed by atoms with Gasteiger partial charge in [0.05, 0.1) is 63.1 Å². The number of aromatic nitrogens is 2. The molecule has 4 rings (SSSR count). The van der Waals surface area contributed by atoms with Crippen LogP contribution in [0.25, 0.3) is 5.70 Å². The molecule has 0 bridgehead atoms. The lowest BCUT2D eigenvalue weighted by Crippen LogP contribution is -2.89. The first-order valence-corrected chi connectivity index (χ1v) is 11.1. The molecule has 2 aromatic rings. The summed E-state index contributed by atoms with van der Waals surface area (Å²) >= 11 is 0. The van der Waals surface area contributed by atoms with Gasteiger partial charge in [0.25, 0.3) is 0 Å². The number of aliphatic hydroxyl groups is 1. The van der Waals surface area contributed by atoms with Crippen molar-refractivity contribution in [3.8, 4) is 5.75 Å². The molecule has 0 atom stereocenters. The van der Waals surface area contributed by atoms with Gasteiger partial charge in [-0.1, -0.05) is 30.8 Å². The van der Waals surface area contributed by atoms with Gasteiger partial charge in [-0.15, -0.1) is 0 Å². The average Bonchev–Trinajstić information content (AvgIpc) is 2.81. The normalized spacial score (nSPS) is 16.0. The molecule has 1 aromatic carbocycles. The van der Waals surface area contributed by atoms with Crippen molar-refractivity contribution >= 4 is 11.4 Å². The Morgan fingerprint density at radius 2 is 2.00 bits per heavy atom. The van der Waals surface area contributed by atoms with E-state index >= 15 is 0 Å². The zero-order valence-electron chi connectivity index (χ0n) is 18.2. The maximum absolute atomic E-state index is 13.4. The van der Waals surface area contributed by atoms with E-state index in [0.29, 0.717) is 30.9 Å². The molecule has 1 aliphatic heterocycles. The van der Waals surface area contributed by atoms with E-state index in [4.69, 9.17) is 4.74 Å². The number of hydrogen-bond donors (Lipinski definition) is 2. The van der Waals surface area contributed by atoms with Crippen LogP contribution in [0.4, 0.5) is 5.69 Å². The van der Waals surface area contributed by atoms with E-state index in [-0.39, 0.29) is 12.2 Å². The topological polar surface area (TPSA) is 84.2 Å². The second kappa shape index (κ2) is 10.3. The van der Waals surface area contributed by atoms with Gasteiger partial charge < -0.3 is 20.1 Å². The smallest absolute Gasteiger partial charge is 0.318 e. The molecule has 2 heterocycles. The van der Waals surface area contributed by atoms with Crippen LogP contribution < -0.4 is 20.5 Å². The van der Waals surface area contributed by atoms with E-state index in [1.54, 1.807) is 6.20 Å². The summed E-state index contributed by atoms with van der Waals surface area (Å²) in [6, 6.07) is 8.10. The number of piperazine rings is 1. The van der Waals surface area contributed by atoms with Crippen molar-refractivity contribution in [1.82, 2.24) is 9.78 Å². The van der Waals surface area contributed by atoms with Crippen molar-refractivity contribution in [3.05, 3.63) is 88.7 Å². The molecule has 0 saturated carbocycles. The minimum absolute atomic E-state index is 0.127. The van der Waals surface area contributed by atoms with Gasteiger partial charge in [0, 0.05) is 19.1 Å². The highest BCUT2D eigenvalue weighted by atomic mass is 16.5. The molecular formula is C25H30N4O3+2.